The van der Waals surface area contributed by atoms with Crippen molar-refractivity contribution in [3.05, 3.63) is 41.8 Å². The molecule has 2 aromatic rings. The molecule has 2 N–H and O–H groups in total. The Labute approximate surface area is 103 Å². The number of carbonyl (C=O) groups excluding carboxylic acids is 1. The summed E-state index contributed by atoms with van der Waals surface area (Å²) in [6.45, 7) is 1.73. The number of pyridine rings is 1. The van der Waals surface area contributed by atoms with Crippen LogP contribution in [0.5, 0.6) is 0 Å². The molecule has 0 saturated carbocycles. The van der Waals surface area contributed by atoms with Gasteiger partial charge in [-0.15, -0.1) is 0 Å². The normalized spacial score (nSPS) is 12.4. The topological polar surface area (TPSA) is 62.2 Å². The first kappa shape index (κ1) is 12.4. The molecule has 18 heavy (non-hydrogen) atoms. The molecule has 0 spiro atoms. The van der Waals surface area contributed by atoms with E-state index in [0.717, 1.165) is 5.39 Å². The minimum atomic E-state index is -0.619. The molecule has 1 aromatic heterocycles. The molecule has 0 aliphatic rings. The second-order valence-corrected chi connectivity index (χ2v) is 4.09. The SMILES string of the molecule is CC(O)CNC(=O)c1ccc2ccc(F)cc2n1. The van der Waals surface area contributed by atoms with E-state index in [4.69, 9.17) is 5.11 Å². The molecule has 0 saturated heterocycles. The Morgan fingerprint density at radius 1 is 1.44 bits per heavy atom. The minimum absolute atomic E-state index is 0.154. The molecule has 1 aromatic carbocycles. The van der Waals surface area contributed by atoms with E-state index in [1.807, 2.05) is 0 Å². The van der Waals surface area contributed by atoms with E-state index in [1.54, 1.807) is 25.1 Å². The van der Waals surface area contributed by atoms with Gasteiger partial charge in [0.15, 0.2) is 0 Å². The molecule has 1 amide bonds. The van der Waals surface area contributed by atoms with E-state index in [1.165, 1.54) is 12.1 Å². The first-order valence-electron chi connectivity index (χ1n) is 5.59. The van der Waals surface area contributed by atoms with Crippen molar-refractivity contribution in [1.82, 2.24) is 10.3 Å². The number of nitrogens with one attached hydrogen (secondary N) is 1. The molecule has 5 heteroatoms. The average Bonchev–Trinajstić information content (AvgIpc) is 2.34. The molecule has 0 aliphatic heterocycles. The summed E-state index contributed by atoms with van der Waals surface area (Å²) in [4.78, 5) is 15.8. The Bertz CT molecular complexity index is 584. The molecule has 1 atom stereocenters. The number of rotatable bonds is 3. The van der Waals surface area contributed by atoms with Gasteiger partial charge in [-0.1, -0.05) is 6.07 Å². The number of aliphatic hydroxyl groups is 1. The van der Waals surface area contributed by atoms with E-state index in [9.17, 15) is 9.18 Å². The zero-order valence-corrected chi connectivity index (χ0v) is 9.85. The number of aromatic nitrogens is 1. The molecule has 1 heterocycles. The van der Waals surface area contributed by atoms with Gasteiger partial charge in [0.05, 0.1) is 11.6 Å². The molecule has 94 valence electrons. The van der Waals surface area contributed by atoms with Crippen LogP contribution < -0.4 is 5.32 Å². The van der Waals surface area contributed by atoms with Crippen molar-refractivity contribution in [3.8, 4) is 0 Å². The molecule has 0 fully saturated rings. The first-order valence-corrected chi connectivity index (χ1v) is 5.59. The third-order valence-corrected chi connectivity index (χ3v) is 2.44. The van der Waals surface area contributed by atoms with Crippen LogP contribution in [0.1, 0.15) is 17.4 Å². The Morgan fingerprint density at radius 3 is 2.89 bits per heavy atom. The maximum atomic E-state index is 13.0. The van der Waals surface area contributed by atoms with Crippen LogP contribution in [0.3, 0.4) is 0 Å². The van der Waals surface area contributed by atoms with Crippen LogP contribution in [-0.4, -0.2) is 28.6 Å². The highest BCUT2D eigenvalue weighted by molar-refractivity contribution is 5.94. The summed E-state index contributed by atoms with van der Waals surface area (Å²) in [6, 6.07) is 7.50. The van der Waals surface area contributed by atoms with E-state index in [-0.39, 0.29) is 18.1 Å². The standard InChI is InChI=1S/C13H13FN2O2/c1-8(17)7-15-13(18)11-5-3-9-2-4-10(14)6-12(9)16-11/h2-6,8,17H,7H2,1H3,(H,15,18). The zero-order valence-electron chi connectivity index (χ0n) is 9.85. The summed E-state index contributed by atoms with van der Waals surface area (Å²) in [6.07, 6.45) is -0.619. The maximum absolute atomic E-state index is 13.0. The number of halogens is 1. The lowest BCUT2D eigenvalue weighted by Gasteiger charge is -2.07. The van der Waals surface area contributed by atoms with Crippen molar-refractivity contribution in [1.29, 1.82) is 0 Å². The Hall–Kier alpha value is -2.01. The fourth-order valence-corrected chi connectivity index (χ4v) is 1.55. The van der Waals surface area contributed by atoms with Crippen molar-refractivity contribution in [2.75, 3.05) is 6.54 Å². The largest absolute Gasteiger partial charge is 0.392 e. The van der Waals surface area contributed by atoms with Crippen LogP contribution in [0.2, 0.25) is 0 Å². The van der Waals surface area contributed by atoms with Gasteiger partial charge in [0.1, 0.15) is 11.5 Å². The first-order chi connectivity index (χ1) is 8.56. The highest BCUT2D eigenvalue weighted by atomic mass is 19.1. The number of hydrogen-bond donors (Lipinski definition) is 2. The van der Waals surface area contributed by atoms with Gasteiger partial charge < -0.3 is 10.4 Å². The smallest absolute Gasteiger partial charge is 0.269 e. The van der Waals surface area contributed by atoms with Gasteiger partial charge in [0, 0.05) is 18.0 Å². The van der Waals surface area contributed by atoms with Crippen molar-refractivity contribution >= 4 is 16.8 Å². The Kier molecular flexibility index (Phi) is 3.53. The van der Waals surface area contributed by atoms with Gasteiger partial charge in [0.25, 0.3) is 5.91 Å². The number of benzene rings is 1. The van der Waals surface area contributed by atoms with Crippen LogP contribution in [0, 0.1) is 5.82 Å². The third-order valence-electron chi connectivity index (χ3n) is 2.44. The second-order valence-electron chi connectivity index (χ2n) is 4.09. The predicted octanol–water partition coefficient (Wildman–Crippen LogP) is 1.48. The van der Waals surface area contributed by atoms with Crippen LogP contribution >= 0.6 is 0 Å². The fraction of sp³-hybridized carbons (Fsp3) is 0.231. The molecule has 1 unspecified atom stereocenters. The van der Waals surface area contributed by atoms with E-state index in [2.05, 4.69) is 10.3 Å². The minimum Gasteiger partial charge on any atom is -0.392 e. The quantitative estimate of drug-likeness (QED) is 0.865. The molecular weight excluding hydrogens is 235 g/mol. The lowest BCUT2D eigenvalue weighted by Crippen LogP contribution is -2.31. The lowest BCUT2D eigenvalue weighted by molar-refractivity contribution is 0.0919. The van der Waals surface area contributed by atoms with Crippen LogP contribution in [0.15, 0.2) is 30.3 Å². The fourth-order valence-electron chi connectivity index (χ4n) is 1.55. The molecule has 0 bridgehead atoms. The van der Waals surface area contributed by atoms with Gasteiger partial charge in [-0.05, 0) is 25.1 Å². The Morgan fingerprint density at radius 2 is 2.17 bits per heavy atom. The van der Waals surface area contributed by atoms with Gasteiger partial charge in [-0.2, -0.15) is 0 Å². The van der Waals surface area contributed by atoms with Crippen molar-refractivity contribution in [2.45, 2.75) is 13.0 Å². The summed E-state index contributed by atoms with van der Waals surface area (Å²) < 4.78 is 13.0. The highest BCUT2D eigenvalue weighted by Crippen LogP contribution is 2.13. The summed E-state index contributed by atoms with van der Waals surface area (Å²) in [5.74, 6) is -0.779. The molecular formula is C13H13FN2O2. The molecule has 0 radical (unpaired) electrons. The third kappa shape index (κ3) is 2.81. The number of carbonyl (C=O) groups is 1. The highest BCUT2D eigenvalue weighted by Gasteiger charge is 2.09. The molecule has 0 aliphatic carbocycles. The number of amides is 1. The van der Waals surface area contributed by atoms with Crippen molar-refractivity contribution in [3.63, 3.8) is 0 Å². The van der Waals surface area contributed by atoms with Gasteiger partial charge in [-0.3, -0.25) is 4.79 Å². The number of nitrogens with zero attached hydrogens (tertiary/aromatic N) is 1. The van der Waals surface area contributed by atoms with E-state index < -0.39 is 11.9 Å². The lowest BCUT2D eigenvalue weighted by atomic mass is 10.2. The predicted molar refractivity (Wildman–Crippen MR) is 65.7 cm³/mol. The monoisotopic (exact) mass is 248 g/mol. The van der Waals surface area contributed by atoms with Gasteiger partial charge in [0.2, 0.25) is 0 Å². The van der Waals surface area contributed by atoms with E-state index in [0.29, 0.717) is 5.52 Å². The zero-order chi connectivity index (χ0) is 13.1. The molecule has 4 nitrogen and oxygen atoms in total. The number of hydrogen-bond acceptors (Lipinski definition) is 3. The average molecular weight is 248 g/mol. The van der Waals surface area contributed by atoms with Crippen molar-refractivity contribution in [2.24, 2.45) is 0 Å². The second kappa shape index (κ2) is 5.10. The van der Waals surface area contributed by atoms with Crippen LogP contribution in [0.4, 0.5) is 4.39 Å². The molecule has 2 rings (SSSR count). The van der Waals surface area contributed by atoms with Crippen molar-refractivity contribution < 1.29 is 14.3 Å². The summed E-state index contributed by atoms with van der Waals surface area (Å²) >= 11 is 0. The van der Waals surface area contributed by atoms with Gasteiger partial charge in [-0.25, -0.2) is 9.37 Å². The number of fused-ring (bicyclic) bond motifs is 1. The van der Waals surface area contributed by atoms with E-state index >= 15 is 0 Å². The summed E-state index contributed by atoms with van der Waals surface area (Å²) in [7, 11) is 0. The summed E-state index contributed by atoms with van der Waals surface area (Å²) in [5.41, 5.74) is 0.633. The summed E-state index contributed by atoms with van der Waals surface area (Å²) in [5, 5.41) is 12.4. The van der Waals surface area contributed by atoms with Crippen LogP contribution in [-0.2, 0) is 0 Å². The number of aliphatic hydroxyl groups excluding tert-OH is 1. The Balaban J connectivity index is 2.26. The van der Waals surface area contributed by atoms with Crippen LogP contribution in [0.25, 0.3) is 10.9 Å². The maximum Gasteiger partial charge on any atom is 0.269 e. The van der Waals surface area contributed by atoms with Gasteiger partial charge >= 0.3 is 0 Å².